The summed E-state index contributed by atoms with van der Waals surface area (Å²) in [7, 11) is 1.81. The number of rotatable bonds is 7. The van der Waals surface area contributed by atoms with Gasteiger partial charge in [0, 0.05) is 32.5 Å². The van der Waals surface area contributed by atoms with Gasteiger partial charge in [0.1, 0.15) is 6.04 Å². The highest BCUT2D eigenvalue weighted by atomic mass is 35.5. The summed E-state index contributed by atoms with van der Waals surface area (Å²) in [5, 5.41) is 5.86. The number of amides is 2. The van der Waals surface area contributed by atoms with Gasteiger partial charge in [-0.05, 0) is 25.5 Å². The minimum atomic E-state index is -0.468. The lowest BCUT2D eigenvalue weighted by molar-refractivity contribution is -0.135. The van der Waals surface area contributed by atoms with Crippen LogP contribution in [-0.4, -0.2) is 49.4 Å². The van der Waals surface area contributed by atoms with Gasteiger partial charge >= 0.3 is 0 Å². The molecule has 0 radical (unpaired) electrons. The first-order chi connectivity index (χ1) is 10.7. The molecule has 1 fully saturated rings. The number of likely N-dealkylation sites (tertiary alicyclic amines) is 1. The molecular formula is C17H26ClN3O2. The zero-order valence-electron chi connectivity index (χ0n) is 13.6. The zero-order chi connectivity index (χ0) is 15.8. The molecule has 1 saturated heterocycles. The van der Waals surface area contributed by atoms with Crippen molar-refractivity contribution >= 4 is 24.2 Å². The van der Waals surface area contributed by atoms with Crippen LogP contribution in [0.2, 0.25) is 0 Å². The highest BCUT2D eigenvalue weighted by Crippen LogP contribution is 2.12. The molecule has 1 heterocycles. The molecule has 1 aromatic rings. The van der Waals surface area contributed by atoms with Gasteiger partial charge in [-0.3, -0.25) is 9.59 Å². The standard InChI is InChI=1S/C17H25N3O2.ClH/c1-18-10-9-16(21)19-15(13-14-7-3-2-4-8-14)17(22)20-11-5-6-12-20;/h2-4,7-8,15,18H,5-6,9-13H2,1H3,(H,19,21);1H. The van der Waals surface area contributed by atoms with Gasteiger partial charge in [0.05, 0.1) is 0 Å². The van der Waals surface area contributed by atoms with Gasteiger partial charge in [0.15, 0.2) is 0 Å². The van der Waals surface area contributed by atoms with Crippen molar-refractivity contribution in [3.63, 3.8) is 0 Å². The molecule has 128 valence electrons. The van der Waals surface area contributed by atoms with Crippen molar-refractivity contribution in [2.45, 2.75) is 31.7 Å². The largest absolute Gasteiger partial charge is 0.344 e. The van der Waals surface area contributed by atoms with Crippen LogP contribution in [0.4, 0.5) is 0 Å². The lowest BCUT2D eigenvalue weighted by Crippen LogP contribution is -2.49. The van der Waals surface area contributed by atoms with Crippen LogP contribution in [-0.2, 0) is 16.0 Å². The average Bonchev–Trinajstić information content (AvgIpc) is 3.07. The minimum absolute atomic E-state index is 0. The summed E-state index contributed by atoms with van der Waals surface area (Å²) in [5.41, 5.74) is 1.06. The van der Waals surface area contributed by atoms with E-state index in [1.807, 2.05) is 42.3 Å². The maximum Gasteiger partial charge on any atom is 0.245 e. The van der Waals surface area contributed by atoms with Crippen LogP contribution in [0.5, 0.6) is 0 Å². The van der Waals surface area contributed by atoms with Gasteiger partial charge in [0.2, 0.25) is 11.8 Å². The molecule has 0 spiro atoms. The van der Waals surface area contributed by atoms with Crippen molar-refractivity contribution in [2.75, 3.05) is 26.7 Å². The Morgan fingerprint density at radius 2 is 1.83 bits per heavy atom. The number of nitrogens with zero attached hydrogens (tertiary/aromatic N) is 1. The first kappa shape index (κ1) is 19.5. The number of hydrogen-bond acceptors (Lipinski definition) is 3. The molecule has 6 heteroatoms. The van der Waals surface area contributed by atoms with Crippen LogP contribution in [0.3, 0.4) is 0 Å². The Morgan fingerprint density at radius 3 is 2.43 bits per heavy atom. The van der Waals surface area contributed by atoms with E-state index in [0.717, 1.165) is 31.5 Å². The number of carbonyl (C=O) groups excluding carboxylic acids is 2. The van der Waals surface area contributed by atoms with Crippen molar-refractivity contribution in [3.05, 3.63) is 35.9 Å². The molecule has 1 aromatic carbocycles. The molecular weight excluding hydrogens is 314 g/mol. The maximum absolute atomic E-state index is 12.7. The molecule has 0 saturated carbocycles. The Kier molecular flexibility index (Phi) is 8.66. The van der Waals surface area contributed by atoms with Crippen molar-refractivity contribution in [2.24, 2.45) is 0 Å². The Bertz CT molecular complexity index is 490. The summed E-state index contributed by atoms with van der Waals surface area (Å²) < 4.78 is 0. The summed E-state index contributed by atoms with van der Waals surface area (Å²) in [5.74, 6) is -0.0398. The van der Waals surface area contributed by atoms with Crippen LogP contribution >= 0.6 is 12.4 Å². The van der Waals surface area contributed by atoms with E-state index in [9.17, 15) is 9.59 Å². The Labute approximate surface area is 144 Å². The van der Waals surface area contributed by atoms with Gasteiger partial charge in [-0.15, -0.1) is 12.4 Å². The van der Waals surface area contributed by atoms with Gasteiger partial charge in [-0.2, -0.15) is 0 Å². The van der Waals surface area contributed by atoms with Crippen molar-refractivity contribution in [1.82, 2.24) is 15.5 Å². The van der Waals surface area contributed by atoms with Crippen molar-refractivity contribution in [3.8, 4) is 0 Å². The highest BCUT2D eigenvalue weighted by Gasteiger charge is 2.27. The molecule has 2 rings (SSSR count). The topological polar surface area (TPSA) is 61.4 Å². The van der Waals surface area contributed by atoms with E-state index >= 15 is 0 Å². The van der Waals surface area contributed by atoms with Gasteiger partial charge in [-0.1, -0.05) is 30.3 Å². The predicted molar refractivity (Wildman–Crippen MR) is 93.7 cm³/mol. The summed E-state index contributed by atoms with van der Waals surface area (Å²) in [6.07, 6.45) is 3.03. The number of halogens is 1. The fourth-order valence-electron chi connectivity index (χ4n) is 2.71. The Hall–Kier alpha value is -1.59. The zero-order valence-corrected chi connectivity index (χ0v) is 14.4. The molecule has 2 N–H and O–H groups in total. The second-order valence-corrected chi connectivity index (χ2v) is 5.70. The van der Waals surface area contributed by atoms with Crippen LogP contribution in [0.25, 0.3) is 0 Å². The predicted octanol–water partition coefficient (Wildman–Crippen LogP) is 1.37. The molecule has 0 bridgehead atoms. The molecule has 0 aromatic heterocycles. The van der Waals surface area contributed by atoms with E-state index in [1.54, 1.807) is 0 Å². The quantitative estimate of drug-likeness (QED) is 0.788. The average molecular weight is 340 g/mol. The summed E-state index contributed by atoms with van der Waals surface area (Å²) >= 11 is 0. The number of carbonyl (C=O) groups is 2. The van der Waals surface area contributed by atoms with E-state index in [1.165, 1.54) is 0 Å². The van der Waals surface area contributed by atoms with Crippen molar-refractivity contribution < 1.29 is 9.59 Å². The number of nitrogens with one attached hydrogen (secondary N) is 2. The maximum atomic E-state index is 12.7. The van der Waals surface area contributed by atoms with Gasteiger partial charge in [0.25, 0.3) is 0 Å². The molecule has 23 heavy (non-hydrogen) atoms. The highest BCUT2D eigenvalue weighted by molar-refractivity contribution is 5.88. The van der Waals surface area contributed by atoms with Crippen LogP contribution < -0.4 is 10.6 Å². The fraction of sp³-hybridized carbons (Fsp3) is 0.529. The normalized spacial score (nSPS) is 14.9. The van der Waals surface area contributed by atoms with Crippen LogP contribution in [0, 0.1) is 0 Å². The molecule has 1 aliphatic heterocycles. The fourth-order valence-corrected chi connectivity index (χ4v) is 2.71. The second kappa shape index (κ2) is 10.2. The van der Waals surface area contributed by atoms with E-state index < -0.39 is 6.04 Å². The number of hydrogen-bond donors (Lipinski definition) is 2. The van der Waals surface area contributed by atoms with E-state index in [0.29, 0.717) is 19.4 Å². The molecule has 0 aliphatic carbocycles. The smallest absolute Gasteiger partial charge is 0.245 e. The summed E-state index contributed by atoms with van der Waals surface area (Å²) in [6, 6.07) is 9.37. The monoisotopic (exact) mass is 339 g/mol. The van der Waals surface area contributed by atoms with Crippen molar-refractivity contribution in [1.29, 1.82) is 0 Å². The number of benzene rings is 1. The van der Waals surface area contributed by atoms with Crippen LogP contribution in [0.15, 0.2) is 30.3 Å². The Morgan fingerprint density at radius 1 is 1.17 bits per heavy atom. The van der Waals surface area contributed by atoms with E-state index in [-0.39, 0.29) is 24.2 Å². The third-order valence-corrected chi connectivity index (χ3v) is 3.94. The molecule has 1 atom stereocenters. The lowest BCUT2D eigenvalue weighted by atomic mass is 10.0. The molecule has 1 aliphatic rings. The van der Waals surface area contributed by atoms with Gasteiger partial charge < -0.3 is 15.5 Å². The van der Waals surface area contributed by atoms with Gasteiger partial charge in [-0.25, -0.2) is 0 Å². The first-order valence-corrected chi connectivity index (χ1v) is 7.97. The second-order valence-electron chi connectivity index (χ2n) is 5.70. The molecule has 5 nitrogen and oxygen atoms in total. The van der Waals surface area contributed by atoms with Crippen LogP contribution in [0.1, 0.15) is 24.8 Å². The van der Waals surface area contributed by atoms with E-state index in [4.69, 9.17) is 0 Å². The van der Waals surface area contributed by atoms with E-state index in [2.05, 4.69) is 10.6 Å². The third-order valence-electron chi connectivity index (χ3n) is 3.94. The molecule has 1 unspecified atom stereocenters. The third kappa shape index (κ3) is 6.20. The SMILES string of the molecule is CNCCC(=O)NC(Cc1ccccc1)C(=O)N1CCCC1.Cl. The summed E-state index contributed by atoms with van der Waals surface area (Å²) in [4.78, 5) is 26.5. The lowest BCUT2D eigenvalue weighted by Gasteiger charge is -2.24. The minimum Gasteiger partial charge on any atom is -0.344 e. The first-order valence-electron chi connectivity index (χ1n) is 7.97. The molecule has 2 amide bonds. The summed E-state index contributed by atoms with van der Waals surface area (Å²) in [6.45, 7) is 2.22. The Balaban J connectivity index is 0.00000264.